The number of carbonyl (C=O) groups excluding carboxylic acids is 1. The first-order chi connectivity index (χ1) is 12.2. The molecule has 2 heterocycles. The number of anilines is 1. The number of hydrogen-bond donors (Lipinski definition) is 1. The predicted octanol–water partition coefficient (Wildman–Crippen LogP) is 3.28. The molecule has 0 radical (unpaired) electrons. The van der Waals surface area contributed by atoms with Crippen LogP contribution in [-0.2, 0) is 4.79 Å². The number of fused-ring (bicyclic) bond motifs is 1. The van der Waals surface area contributed by atoms with E-state index in [1.54, 1.807) is 12.1 Å². The summed E-state index contributed by atoms with van der Waals surface area (Å²) in [7, 11) is 0. The molecule has 1 aromatic heterocycles. The quantitative estimate of drug-likeness (QED) is 0.724. The van der Waals surface area contributed by atoms with Gasteiger partial charge in [0, 0.05) is 10.0 Å². The summed E-state index contributed by atoms with van der Waals surface area (Å²) in [5.41, 5.74) is 0.752. The number of nitrogens with one attached hydrogen (secondary N) is 1. The Morgan fingerprint density at radius 3 is 2.64 bits per heavy atom. The molecule has 0 fully saturated rings. The van der Waals surface area contributed by atoms with Crippen LogP contribution in [0.3, 0.4) is 0 Å². The van der Waals surface area contributed by atoms with Gasteiger partial charge in [0.2, 0.25) is 12.0 Å². The zero-order chi connectivity index (χ0) is 17.2. The van der Waals surface area contributed by atoms with Crippen LogP contribution in [0.1, 0.15) is 0 Å². The maximum absolute atomic E-state index is 12.3. The highest BCUT2D eigenvalue weighted by Crippen LogP contribution is 2.31. The van der Waals surface area contributed by atoms with Gasteiger partial charge in [0.05, 0.1) is 0 Å². The van der Waals surface area contributed by atoms with Crippen LogP contribution in [-0.4, -0.2) is 28.8 Å². The second-order valence-corrected chi connectivity index (χ2v) is 6.19. The first kappa shape index (κ1) is 15.6. The van der Waals surface area contributed by atoms with Crippen molar-refractivity contribution in [3.63, 3.8) is 0 Å². The first-order valence-electron chi connectivity index (χ1n) is 7.48. The number of carbonyl (C=O) groups is 1. The van der Waals surface area contributed by atoms with Gasteiger partial charge in [0.1, 0.15) is 6.61 Å². The molecule has 1 aliphatic rings. The maximum Gasteiger partial charge on any atom is 0.322 e. The summed E-state index contributed by atoms with van der Waals surface area (Å²) in [6, 6.07) is 14.6. The van der Waals surface area contributed by atoms with E-state index in [0.717, 1.165) is 10.0 Å². The second-order valence-electron chi connectivity index (χ2n) is 5.27. The Morgan fingerprint density at radius 1 is 1.08 bits per heavy atom. The van der Waals surface area contributed by atoms with Crippen molar-refractivity contribution in [1.29, 1.82) is 0 Å². The van der Waals surface area contributed by atoms with E-state index >= 15 is 0 Å². The molecular formula is C17H12BrN3O4. The monoisotopic (exact) mass is 401 g/mol. The van der Waals surface area contributed by atoms with E-state index in [1.807, 2.05) is 36.4 Å². The normalized spacial score (nSPS) is 15.6. The third-order valence-corrected chi connectivity index (χ3v) is 4.08. The smallest absolute Gasteiger partial charge is 0.322 e. The van der Waals surface area contributed by atoms with Gasteiger partial charge in [0.25, 0.3) is 5.91 Å². The lowest BCUT2D eigenvalue weighted by Crippen LogP contribution is -2.40. The van der Waals surface area contributed by atoms with Crippen LogP contribution in [0.5, 0.6) is 11.5 Å². The van der Waals surface area contributed by atoms with Crippen molar-refractivity contribution in [2.75, 3.05) is 11.9 Å². The van der Waals surface area contributed by atoms with Crippen LogP contribution in [0.4, 0.5) is 6.01 Å². The Morgan fingerprint density at radius 2 is 1.84 bits per heavy atom. The molecule has 0 aliphatic carbocycles. The molecule has 4 rings (SSSR count). The summed E-state index contributed by atoms with van der Waals surface area (Å²) in [6.45, 7) is 0.108. The Labute approximate surface area is 151 Å². The molecule has 2 aromatic carbocycles. The van der Waals surface area contributed by atoms with E-state index in [0.29, 0.717) is 17.4 Å². The summed E-state index contributed by atoms with van der Waals surface area (Å²) >= 11 is 3.36. The molecule has 1 amide bonds. The number of para-hydroxylation sites is 2. The zero-order valence-electron chi connectivity index (χ0n) is 12.8. The molecule has 0 saturated heterocycles. The minimum absolute atomic E-state index is 0.00498. The van der Waals surface area contributed by atoms with E-state index in [4.69, 9.17) is 13.9 Å². The zero-order valence-corrected chi connectivity index (χ0v) is 14.4. The summed E-state index contributed by atoms with van der Waals surface area (Å²) in [6.07, 6.45) is -0.794. The molecule has 1 aliphatic heterocycles. The fourth-order valence-corrected chi connectivity index (χ4v) is 2.58. The van der Waals surface area contributed by atoms with Crippen molar-refractivity contribution in [3.05, 3.63) is 53.0 Å². The number of aromatic nitrogens is 2. The molecule has 0 unspecified atom stereocenters. The van der Waals surface area contributed by atoms with E-state index < -0.39 is 12.0 Å². The van der Waals surface area contributed by atoms with E-state index in [2.05, 4.69) is 31.4 Å². The van der Waals surface area contributed by atoms with Crippen LogP contribution >= 0.6 is 15.9 Å². The highest BCUT2D eigenvalue weighted by Gasteiger charge is 2.28. The van der Waals surface area contributed by atoms with Crippen LogP contribution < -0.4 is 14.8 Å². The molecule has 7 nitrogen and oxygen atoms in total. The topological polar surface area (TPSA) is 86.5 Å². The summed E-state index contributed by atoms with van der Waals surface area (Å²) in [4.78, 5) is 12.3. The average Bonchev–Trinajstić information content (AvgIpc) is 3.10. The fourth-order valence-electron chi connectivity index (χ4n) is 2.32. The minimum atomic E-state index is -0.794. The van der Waals surface area contributed by atoms with Crippen LogP contribution in [0.2, 0.25) is 0 Å². The number of amides is 1. The summed E-state index contributed by atoms with van der Waals surface area (Å²) < 4.78 is 17.6. The van der Waals surface area contributed by atoms with Gasteiger partial charge in [0.15, 0.2) is 11.5 Å². The summed E-state index contributed by atoms with van der Waals surface area (Å²) in [5, 5.41) is 10.3. The van der Waals surface area contributed by atoms with E-state index in [1.165, 1.54) is 0 Å². The second kappa shape index (κ2) is 6.56. The highest BCUT2D eigenvalue weighted by molar-refractivity contribution is 9.10. The van der Waals surface area contributed by atoms with Gasteiger partial charge in [-0.25, -0.2) is 0 Å². The largest absolute Gasteiger partial charge is 0.485 e. The fraction of sp³-hybridized carbons (Fsp3) is 0.118. The van der Waals surface area contributed by atoms with E-state index in [-0.39, 0.29) is 12.6 Å². The Kier molecular flexibility index (Phi) is 4.10. The van der Waals surface area contributed by atoms with Gasteiger partial charge >= 0.3 is 6.01 Å². The molecule has 1 atom stereocenters. The van der Waals surface area contributed by atoms with Crippen LogP contribution in [0.25, 0.3) is 11.5 Å². The molecule has 25 heavy (non-hydrogen) atoms. The van der Waals surface area contributed by atoms with Crippen molar-refractivity contribution in [3.8, 4) is 23.0 Å². The van der Waals surface area contributed by atoms with Crippen molar-refractivity contribution in [1.82, 2.24) is 10.2 Å². The molecule has 0 spiro atoms. The van der Waals surface area contributed by atoms with Crippen LogP contribution in [0.15, 0.2) is 57.4 Å². The third kappa shape index (κ3) is 3.34. The number of rotatable bonds is 3. The SMILES string of the molecule is O=C(Nc1nnc(-c2ccc(Br)cc2)o1)[C@@H]1COc2ccccc2O1. The van der Waals surface area contributed by atoms with Gasteiger partial charge in [-0.15, -0.1) is 5.10 Å². The molecule has 8 heteroatoms. The van der Waals surface area contributed by atoms with Gasteiger partial charge in [-0.2, -0.15) is 0 Å². The van der Waals surface area contributed by atoms with Crippen molar-refractivity contribution < 1.29 is 18.7 Å². The molecule has 126 valence electrons. The standard InChI is InChI=1S/C17H12BrN3O4/c18-11-7-5-10(6-8-11)16-20-21-17(25-16)19-15(22)14-9-23-12-3-1-2-4-13(12)24-14/h1-8,14H,9H2,(H,19,21,22)/t14-/m0/s1. The number of nitrogens with zero attached hydrogens (tertiary/aromatic N) is 2. The third-order valence-electron chi connectivity index (χ3n) is 3.55. The van der Waals surface area contributed by atoms with Gasteiger partial charge in [-0.3, -0.25) is 10.1 Å². The molecule has 0 bridgehead atoms. The van der Waals surface area contributed by atoms with Gasteiger partial charge < -0.3 is 13.9 Å². The minimum Gasteiger partial charge on any atom is -0.485 e. The number of benzene rings is 2. The molecule has 0 saturated carbocycles. The lowest BCUT2D eigenvalue weighted by Gasteiger charge is -2.24. The Bertz CT molecular complexity index is 910. The van der Waals surface area contributed by atoms with Crippen molar-refractivity contribution in [2.45, 2.75) is 6.10 Å². The summed E-state index contributed by atoms with van der Waals surface area (Å²) in [5.74, 6) is 1.03. The Hall–Kier alpha value is -2.87. The lowest BCUT2D eigenvalue weighted by molar-refractivity contribution is -0.125. The number of halogens is 1. The lowest BCUT2D eigenvalue weighted by atomic mass is 10.2. The highest BCUT2D eigenvalue weighted by atomic mass is 79.9. The maximum atomic E-state index is 12.3. The number of ether oxygens (including phenoxy) is 2. The number of hydrogen-bond acceptors (Lipinski definition) is 6. The average molecular weight is 402 g/mol. The Balaban J connectivity index is 1.44. The van der Waals surface area contributed by atoms with Crippen LogP contribution in [0, 0.1) is 0 Å². The molecular weight excluding hydrogens is 390 g/mol. The van der Waals surface area contributed by atoms with E-state index in [9.17, 15) is 4.79 Å². The van der Waals surface area contributed by atoms with Crippen molar-refractivity contribution in [2.24, 2.45) is 0 Å². The molecule has 1 N–H and O–H groups in total. The first-order valence-corrected chi connectivity index (χ1v) is 8.27. The molecule has 3 aromatic rings. The van der Waals surface area contributed by atoms with Gasteiger partial charge in [-0.1, -0.05) is 33.2 Å². The predicted molar refractivity (Wildman–Crippen MR) is 92.4 cm³/mol. The van der Waals surface area contributed by atoms with Gasteiger partial charge in [-0.05, 0) is 36.4 Å². The van der Waals surface area contributed by atoms with Crippen molar-refractivity contribution >= 4 is 27.9 Å².